The van der Waals surface area contributed by atoms with Crippen molar-refractivity contribution in [1.29, 1.82) is 0 Å². The highest BCUT2D eigenvalue weighted by atomic mass is 32.1. The van der Waals surface area contributed by atoms with Crippen molar-refractivity contribution in [3.8, 4) is 44.9 Å². The molecule has 0 bridgehead atoms. The van der Waals surface area contributed by atoms with E-state index >= 15 is 0 Å². The van der Waals surface area contributed by atoms with Gasteiger partial charge in [0.1, 0.15) is 11.2 Å². The lowest BCUT2D eigenvalue weighted by molar-refractivity contribution is 0.669. The van der Waals surface area contributed by atoms with E-state index in [9.17, 15) is 0 Å². The van der Waals surface area contributed by atoms with Gasteiger partial charge in [0.2, 0.25) is 0 Å². The summed E-state index contributed by atoms with van der Waals surface area (Å²) < 4.78 is 8.83. The maximum absolute atomic E-state index is 6.51. The second kappa shape index (κ2) is 10.7. The summed E-state index contributed by atoms with van der Waals surface area (Å²) in [5, 5.41) is 5.74. The number of nitrogens with zero attached hydrogens (tertiary/aromatic N) is 2. The molecule has 0 aliphatic carbocycles. The van der Waals surface area contributed by atoms with Crippen molar-refractivity contribution in [2.24, 2.45) is 0 Å². The summed E-state index contributed by atoms with van der Waals surface area (Å²) in [7, 11) is 0. The molecule has 3 nitrogen and oxygen atoms in total. The molecule has 7 aromatic carbocycles. The fraction of sp³-hybridized carbons (Fsp3) is 0. The first-order valence-electron chi connectivity index (χ1n) is 16.1. The highest BCUT2D eigenvalue weighted by Gasteiger charge is 2.20. The third-order valence-electron chi connectivity index (χ3n) is 9.31. The van der Waals surface area contributed by atoms with Crippen molar-refractivity contribution in [1.82, 2.24) is 9.97 Å². The van der Waals surface area contributed by atoms with Crippen molar-refractivity contribution in [2.75, 3.05) is 0 Å². The lowest BCUT2D eigenvalue weighted by atomic mass is 9.97. The molecule has 0 N–H and O–H groups in total. The fourth-order valence-corrected chi connectivity index (χ4v) is 8.07. The van der Waals surface area contributed by atoms with Gasteiger partial charge in [0.15, 0.2) is 5.82 Å². The lowest BCUT2D eigenvalue weighted by Gasteiger charge is -2.08. The molecule has 4 heteroatoms. The molecule has 10 rings (SSSR count). The monoisotopic (exact) mass is 630 g/mol. The van der Waals surface area contributed by atoms with E-state index in [1.54, 1.807) is 11.3 Å². The first-order valence-corrected chi connectivity index (χ1v) is 16.9. The van der Waals surface area contributed by atoms with Gasteiger partial charge < -0.3 is 4.42 Å². The molecular formula is C44H26N2OS. The second-order valence-corrected chi connectivity index (χ2v) is 13.2. The van der Waals surface area contributed by atoms with Gasteiger partial charge in [0.25, 0.3) is 0 Å². The molecule has 0 atom stereocenters. The number of benzene rings is 7. The molecule has 224 valence electrons. The van der Waals surface area contributed by atoms with Gasteiger partial charge in [-0.05, 0) is 63.4 Å². The Morgan fingerprint density at radius 1 is 0.458 bits per heavy atom. The van der Waals surface area contributed by atoms with E-state index < -0.39 is 0 Å². The van der Waals surface area contributed by atoms with Gasteiger partial charge in [-0.1, -0.05) is 127 Å². The van der Waals surface area contributed by atoms with Crippen molar-refractivity contribution in [3.63, 3.8) is 0 Å². The van der Waals surface area contributed by atoms with Gasteiger partial charge in [-0.2, -0.15) is 0 Å². The predicted octanol–water partition coefficient (Wildman–Crippen LogP) is 12.6. The van der Waals surface area contributed by atoms with Crippen LogP contribution in [0.5, 0.6) is 0 Å². The van der Waals surface area contributed by atoms with E-state index in [1.165, 1.54) is 26.6 Å². The normalized spacial score (nSPS) is 11.8. The Kier molecular flexibility index (Phi) is 6.05. The minimum Gasteiger partial charge on any atom is -0.456 e. The van der Waals surface area contributed by atoms with E-state index in [0.717, 1.165) is 65.5 Å². The molecule has 3 heterocycles. The maximum atomic E-state index is 6.51. The molecule has 0 unspecified atom stereocenters. The molecular weight excluding hydrogens is 605 g/mol. The van der Waals surface area contributed by atoms with Crippen LogP contribution in [0.4, 0.5) is 0 Å². The summed E-state index contributed by atoms with van der Waals surface area (Å²) in [6.07, 6.45) is 0. The van der Waals surface area contributed by atoms with E-state index in [2.05, 4.69) is 140 Å². The van der Waals surface area contributed by atoms with E-state index in [4.69, 9.17) is 14.4 Å². The highest BCUT2D eigenvalue weighted by molar-refractivity contribution is 7.26. The van der Waals surface area contributed by atoms with Crippen LogP contribution in [0.3, 0.4) is 0 Å². The van der Waals surface area contributed by atoms with Crippen LogP contribution in [0.15, 0.2) is 162 Å². The summed E-state index contributed by atoms with van der Waals surface area (Å²) in [5.41, 5.74) is 10.3. The topological polar surface area (TPSA) is 38.9 Å². The van der Waals surface area contributed by atoms with E-state index in [1.807, 2.05) is 18.2 Å². The minimum absolute atomic E-state index is 0.701. The standard InChI is InChI=1S/C44H26N2OS/c1-2-10-30(11-3-1)41-43-42(35-13-6-7-16-39(35)48-43)46-44(45-41)36-14-8-15-37-40(36)34-24-23-33(26-38(34)47-37)29-19-17-28(18-20-29)32-22-21-27-9-4-5-12-31(27)25-32/h1-26H. The van der Waals surface area contributed by atoms with Gasteiger partial charge in [-0.15, -0.1) is 11.3 Å². The van der Waals surface area contributed by atoms with Crippen LogP contribution in [0.25, 0.3) is 97.9 Å². The van der Waals surface area contributed by atoms with Crippen LogP contribution < -0.4 is 0 Å². The first-order chi connectivity index (χ1) is 23.8. The molecule has 0 radical (unpaired) electrons. The van der Waals surface area contributed by atoms with Gasteiger partial charge in [0, 0.05) is 32.0 Å². The lowest BCUT2D eigenvalue weighted by Crippen LogP contribution is -1.94. The van der Waals surface area contributed by atoms with Gasteiger partial charge >= 0.3 is 0 Å². The average Bonchev–Trinajstić information content (AvgIpc) is 3.73. The summed E-state index contributed by atoms with van der Waals surface area (Å²) in [6, 6.07) is 55.5. The zero-order valence-corrected chi connectivity index (χ0v) is 26.5. The molecule has 0 fully saturated rings. The van der Waals surface area contributed by atoms with Crippen LogP contribution in [0, 0.1) is 0 Å². The number of aromatic nitrogens is 2. The molecule has 0 amide bonds. The SMILES string of the molecule is c1ccc(-c2nc(-c3cccc4oc5cc(-c6ccc(-c7ccc8ccccc8c7)cc6)ccc5c34)nc3c2sc2ccccc23)cc1. The van der Waals surface area contributed by atoms with Gasteiger partial charge in [-0.25, -0.2) is 9.97 Å². The number of thiophene rings is 1. The zero-order valence-electron chi connectivity index (χ0n) is 25.7. The highest BCUT2D eigenvalue weighted by Crippen LogP contribution is 2.42. The largest absolute Gasteiger partial charge is 0.456 e. The maximum Gasteiger partial charge on any atom is 0.161 e. The van der Waals surface area contributed by atoms with Crippen LogP contribution in [-0.4, -0.2) is 9.97 Å². The van der Waals surface area contributed by atoms with Crippen molar-refractivity contribution in [2.45, 2.75) is 0 Å². The van der Waals surface area contributed by atoms with Crippen LogP contribution >= 0.6 is 11.3 Å². The molecule has 0 saturated heterocycles. The molecule has 0 saturated carbocycles. The number of hydrogen-bond acceptors (Lipinski definition) is 4. The number of furan rings is 1. The Hall–Kier alpha value is -6.10. The smallest absolute Gasteiger partial charge is 0.161 e. The third-order valence-corrected chi connectivity index (χ3v) is 10.5. The Balaban J connectivity index is 1.09. The van der Waals surface area contributed by atoms with Crippen molar-refractivity contribution in [3.05, 3.63) is 158 Å². The summed E-state index contributed by atoms with van der Waals surface area (Å²) in [4.78, 5) is 10.5. The first kappa shape index (κ1) is 27.1. The Bertz CT molecular complexity index is 2830. The van der Waals surface area contributed by atoms with Crippen molar-refractivity contribution >= 4 is 64.4 Å². The Morgan fingerprint density at radius 2 is 1.17 bits per heavy atom. The van der Waals surface area contributed by atoms with Crippen LogP contribution in [0.1, 0.15) is 0 Å². The molecule has 0 spiro atoms. The summed E-state index contributed by atoms with van der Waals surface area (Å²) in [5.74, 6) is 0.701. The predicted molar refractivity (Wildman–Crippen MR) is 201 cm³/mol. The number of fused-ring (bicyclic) bond motifs is 7. The third kappa shape index (κ3) is 4.34. The number of rotatable bonds is 4. The molecule has 3 aromatic heterocycles. The zero-order chi connectivity index (χ0) is 31.6. The van der Waals surface area contributed by atoms with Crippen LogP contribution in [0.2, 0.25) is 0 Å². The van der Waals surface area contributed by atoms with Crippen LogP contribution in [-0.2, 0) is 0 Å². The molecule has 0 aliphatic heterocycles. The number of hydrogen-bond donors (Lipinski definition) is 0. The molecule has 10 aromatic rings. The van der Waals surface area contributed by atoms with Gasteiger partial charge in [0.05, 0.1) is 15.9 Å². The van der Waals surface area contributed by atoms with E-state index in [0.29, 0.717) is 5.82 Å². The summed E-state index contributed by atoms with van der Waals surface area (Å²) in [6.45, 7) is 0. The van der Waals surface area contributed by atoms with Crippen molar-refractivity contribution < 1.29 is 4.42 Å². The summed E-state index contributed by atoms with van der Waals surface area (Å²) >= 11 is 1.75. The minimum atomic E-state index is 0.701. The molecule has 48 heavy (non-hydrogen) atoms. The Morgan fingerprint density at radius 3 is 2.02 bits per heavy atom. The quantitative estimate of drug-likeness (QED) is 0.194. The van der Waals surface area contributed by atoms with E-state index in [-0.39, 0.29) is 0 Å². The Labute approximate surface area is 280 Å². The van der Waals surface area contributed by atoms with Gasteiger partial charge in [-0.3, -0.25) is 0 Å². The molecule has 0 aliphatic rings. The average molecular weight is 631 g/mol. The second-order valence-electron chi connectivity index (χ2n) is 12.2. The fourth-order valence-electron chi connectivity index (χ4n) is 6.92.